The second kappa shape index (κ2) is 12.8. The van der Waals surface area contributed by atoms with E-state index in [2.05, 4.69) is 21.3 Å². The Kier molecular flexibility index (Phi) is 10.8. The molecule has 0 aromatic heterocycles. The fourth-order valence-electron chi connectivity index (χ4n) is 2.85. The summed E-state index contributed by atoms with van der Waals surface area (Å²) in [6.45, 7) is 7.46. The van der Waals surface area contributed by atoms with Crippen molar-refractivity contribution in [2.45, 2.75) is 70.7 Å². The highest BCUT2D eigenvalue weighted by Crippen LogP contribution is 2.14. The van der Waals surface area contributed by atoms with Crippen molar-refractivity contribution in [3.63, 3.8) is 0 Å². The van der Waals surface area contributed by atoms with Crippen molar-refractivity contribution >= 4 is 18.0 Å². The van der Waals surface area contributed by atoms with E-state index in [0.29, 0.717) is 25.8 Å². The van der Waals surface area contributed by atoms with E-state index in [1.165, 1.54) is 7.05 Å². The minimum absolute atomic E-state index is 0.280. The summed E-state index contributed by atoms with van der Waals surface area (Å²) in [4.78, 5) is 36.1. The van der Waals surface area contributed by atoms with Gasteiger partial charge in [0.25, 0.3) is 5.91 Å². The molecule has 1 rings (SSSR count). The summed E-state index contributed by atoms with van der Waals surface area (Å²) in [7, 11) is 1.53. The van der Waals surface area contributed by atoms with E-state index in [1.807, 2.05) is 37.3 Å². The number of alkyl carbamates (subject to hydrolysis) is 1. The molecule has 1 unspecified atom stereocenters. The van der Waals surface area contributed by atoms with Gasteiger partial charge in [-0.25, -0.2) is 9.59 Å². The third-order valence-corrected chi connectivity index (χ3v) is 4.46. The van der Waals surface area contributed by atoms with Gasteiger partial charge in [-0.3, -0.25) is 4.79 Å². The molecule has 0 heterocycles. The van der Waals surface area contributed by atoms with Gasteiger partial charge in [-0.15, -0.1) is 0 Å². The Labute approximate surface area is 184 Å². The average molecular weight is 437 g/mol. The number of urea groups is 1. The molecule has 0 radical (unpaired) electrons. The average Bonchev–Trinajstić information content (AvgIpc) is 2.71. The van der Waals surface area contributed by atoms with Crippen molar-refractivity contribution in [1.82, 2.24) is 21.3 Å². The summed E-state index contributed by atoms with van der Waals surface area (Å²) in [5.74, 6) is -0.583. The zero-order valence-corrected chi connectivity index (χ0v) is 19.0. The Balaban J connectivity index is 2.71. The lowest BCUT2D eigenvalue weighted by Gasteiger charge is -2.27. The van der Waals surface area contributed by atoms with E-state index in [-0.39, 0.29) is 12.1 Å². The molecule has 174 valence electrons. The highest BCUT2D eigenvalue weighted by atomic mass is 16.6. The molecule has 9 heteroatoms. The van der Waals surface area contributed by atoms with Crippen LogP contribution in [0.3, 0.4) is 0 Å². The third kappa shape index (κ3) is 10.7. The van der Waals surface area contributed by atoms with Crippen LogP contribution in [0, 0.1) is 0 Å². The first kappa shape index (κ1) is 26.2. The summed E-state index contributed by atoms with van der Waals surface area (Å²) in [6, 6.07) is 7.97. The number of carbonyl (C=O) groups excluding carboxylic acids is 3. The minimum Gasteiger partial charge on any atom is -0.444 e. The molecule has 0 bridgehead atoms. The number of carbonyl (C=O) groups is 3. The Hall–Kier alpha value is -2.81. The molecular formula is C22H36N4O5. The van der Waals surface area contributed by atoms with Gasteiger partial charge in [-0.1, -0.05) is 30.3 Å². The first-order valence-corrected chi connectivity index (χ1v) is 10.5. The van der Waals surface area contributed by atoms with Crippen LogP contribution in [0.15, 0.2) is 30.3 Å². The molecule has 0 aliphatic rings. The number of rotatable bonds is 10. The van der Waals surface area contributed by atoms with Crippen molar-refractivity contribution in [3.8, 4) is 0 Å². The van der Waals surface area contributed by atoms with Gasteiger partial charge in [0.2, 0.25) is 0 Å². The lowest BCUT2D eigenvalue weighted by Crippen LogP contribution is -2.51. The minimum atomic E-state index is -1.45. The molecule has 0 aliphatic carbocycles. The predicted molar refractivity (Wildman–Crippen MR) is 118 cm³/mol. The zero-order valence-electron chi connectivity index (χ0n) is 19.0. The largest absolute Gasteiger partial charge is 0.444 e. The molecular weight excluding hydrogens is 400 g/mol. The highest BCUT2D eigenvalue weighted by molar-refractivity contribution is 5.82. The number of amides is 4. The topological polar surface area (TPSA) is 129 Å². The van der Waals surface area contributed by atoms with Gasteiger partial charge >= 0.3 is 12.1 Å². The maximum Gasteiger partial charge on any atom is 0.407 e. The molecule has 31 heavy (non-hydrogen) atoms. The van der Waals surface area contributed by atoms with E-state index in [9.17, 15) is 19.5 Å². The van der Waals surface area contributed by atoms with Crippen LogP contribution in [0.5, 0.6) is 0 Å². The van der Waals surface area contributed by atoms with Gasteiger partial charge in [-0.2, -0.15) is 0 Å². The molecule has 9 nitrogen and oxygen atoms in total. The number of nitrogens with one attached hydrogen (secondary N) is 4. The third-order valence-electron chi connectivity index (χ3n) is 4.46. The number of unbranched alkanes of at least 4 members (excludes halogenated alkanes) is 1. The summed E-state index contributed by atoms with van der Waals surface area (Å²) in [5, 5.41) is 21.2. The SMILES string of the molecule is CNC(=O)NCCCC[C@H](NC(=O)OC(C)(C)C)C(O)C(=O)N[C@H](C)c1ccccc1. The summed E-state index contributed by atoms with van der Waals surface area (Å²) >= 11 is 0. The Morgan fingerprint density at radius 2 is 1.71 bits per heavy atom. The van der Waals surface area contributed by atoms with E-state index < -0.39 is 29.7 Å². The van der Waals surface area contributed by atoms with Crippen molar-refractivity contribution in [1.29, 1.82) is 0 Å². The molecule has 4 amide bonds. The van der Waals surface area contributed by atoms with E-state index in [1.54, 1.807) is 20.8 Å². The second-order valence-electron chi connectivity index (χ2n) is 8.34. The Morgan fingerprint density at radius 3 is 2.29 bits per heavy atom. The first-order valence-electron chi connectivity index (χ1n) is 10.5. The lowest BCUT2D eigenvalue weighted by molar-refractivity contribution is -0.131. The van der Waals surface area contributed by atoms with Crippen LogP contribution >= 0.6 is 0 Å². The Morgan fingerprint density at radius 1 is 1.06 bits per heavy atom. The van der Waals surface area contributed by atoms with Crippen LogP contribution in [0.4, 0.5) is 9.59 Å². The van der Waals surface area contributed by atoms with Gasteiger partial charge < -0.3 is 31.1 Å². The van der Waals surface area contributed by atoms with Crippen molar-refractivity contribution in [3.05, 3.63) is 35.9 Å². The molecule has 0 fully saturated rings. The van der Waals surface area contributed by atoms with Crippen LogP contribution in [0.1, 0.15) is 58.6 Å². The second-order valence-corrected chi connectivity index (χ2v) is 8.34. The summed E-state index contributed by atoms with van der Waals surface area (Å²) in [6.07, 6.45) is -0.629. The van der Waals surface area contributed by atoms with Gasteiger partial charge in [-0.05, 0) is 52.5 Å². The standard InChI is InChI=1S/C22H36N4O5/c1-15(16-11-7-6-8-12-16)25-19(28)18(27)17(26-21(30)31-22(2,3)4)13-9-10-14-24-20(29)23-5/h6-8,11-12,15,17-18,27H,9-10,13-14H2,1-5H3,(H,25,28)(H,26,30)(H2,23,24,29)/t15-,17+,18?/m1/s1. The van der Waals surface area contributed by atoms with E-state index >= 15 is 0 Å². The smallest absolute Gasteiger partial charge is 0.407 e. The summed E-state index contributed by atoms with van der Waals surface area (Å²) < 4.78 is 5.26. The first-order chi connectivity index (χ1) is 14.5. The monoisotopic (exact) mass is 436 g/mol. The van der Waals surface area contributed by atoms with Gasteiger partial charge in [0.05, 0.1) is 12.1 Å². The number of aliphatic hydroxyl groups is 1. The molecule has 0 saturated heterocycles. The number of aliphatic hydroxyl groups excluding tert-OH is 1. The molecule has 0 saturated carbocycles. The fraction of sp³-hybridized carbons (Fsp3) is 0.591. The van der Waals surface area contributed by atoms with Crippen LogP contribution in [-0.2, 0) is 9.53 Å². The van der Waals surface area contributed by atoms with Crippen molar-refractivity contribution in [2.24, 2.45) is 0 Å². The van der Waals surface area contributed by atoms with Gasteiger partial charge in [0.15, 0.2) is 6.10 Å². The van der Waals surface area contributed by atoms with E-state index in [4.69, 9.17) is 4.74 Å². The molecule has 5 N–H and O–H groups in total. The highest BCUT2D eigenvalue weighted by Gasteiger charge is 2.30. The maximum atomic E-state index is 12.6. The van der Waals surface area contributed by atoms with E-state index in [0.717, 1.165) is 5.56 Å². The van der Waals surface area contributed by atoms with Crippen LogP contribution < -0.4 is 21.3 Å². The van der Waals surface area contributed by atoms with Gasteiger partial charge in [0.1, 0.15) is 5.60 Å². The van der Waals surface area contributed by atoms with Crippen LogP contribution in [0.25, 0.3) is 0 Å². The molecule has 1 aromatic carbocycles. The number of hydrogen-bond donors (Lipinski definition) is 5. The summed E-state index contributed by atoms with van der Waals surface area (Å²) in [5.41, 5.74) is 0.196. The molecule has 1 aromatic rings. The molecule has 0 aliphatic heterocycles. The number of hydrogen-bond acceptors (Lipinski definition) is 5. The number of benzene rings is 1. The molecule has 0 spiro atoms. The number of ether oxygens (including phenoxy) is 1. The van der Waals surface area contributed by atoms with Crippen molar-refractivity contribution < 1.29 is 24.2 Å². The molecule has 3 atom stereocenters. The van der Waals surface area contributed by atoms with Crippen LogP contribution in [-0.4, -0.2) is 54.5 Å². The van der Waals surface area contributed by atoms with Crippen molar-refractivity contribution in [2.75, 3.05) is 13.6 Å². The predicted octanol–water partition coefficient (Wildman–Crippen LogP) is 2.22. The normalized spacial score (nSPS) is 14.0. The Bertz CT molecular complexity index is 706. The fourth-order valence-corrected chi connectivity index (χ4v) is 2.85. The maximum absolute atomic E-state index is 12.6. The quantitative estimate of drug-likeness (QED) is 0.359. The zero-order chi connectivity index (χ0) is 23.4. The van der Waals surface area contributed by atoms with Gasteiger partial charge in [0, 0.05) is 13.6 Å². The lowest BCUT2D eigenvalue weighted by atomic mass is 10.0. The van der Waals surface area contributed by atoms with Crippen LogP contribution in [0.2, 0.25) is 0 Å².